The van der Waals surface area contributed by atoms with Gasteiger partial charge in [-0.25, -0.2) is 0 Å². The van der Waals surface area contributed by atoms with Crippen LogP contribution in [0, 0.1) is 0 Å². The Labute approximate surface area is 163 Å². The van der Waals surface area contributed by atoms with Crippen molar-refractivity contribution in [2.24, 2.45) is 0 Å². The second-order valence-corrected chi connectivity index (χ2v) is 6.67. The van der Waals surface area contributed by atoms with Crippen molar-refractivity contribution in [3.8, 4) is 11.3 Å². The maximum atomic E-state index is 12.4. The second kappa shape index (κ2) is 8.16. The van der Waals surface area contributed by atoms with Gasteiger partial charge >= 0.3 is 0 Å². The topological polar surface area (TPSA) is 86.9 Å². The monoisotopic (exact) mass is 432 g/mol. The molecular formula is C18H14BrClN4O2. The number of aromatic amines is 1. The molecule has 0 saturated heterocycles. The number of aromatic nitrogens is 2. The Morgan fingerprint density at radius 1 is 1.12 bits per heavy atom. The fourth-order valence-corrected chi connectivity index (χ4v) is 2.82. The quantitative estimate of drug-likeness (QED) is 0.571. The van der Waals surface area contributed by atoms with Crippen molar-refractivity contribution >= 4 is 45.0 Å². The van der Waals surface area contributed by atoms with E-state index in [1.54, 1.807) is 30.3 Å². The molecule has 0 atom stereocenters. The summed E-state index contributed by atoms with van der Waals surface area (Å²) in [7, 11) is 0. The number of hydrogen-bond acceptors (Lipinski definition) is 3. The second-order valence-electron chi connectivity index (χ2n) is 5.38. The van der Waals surface area contributed by atoms with Gasteiger partial charge in [0.15, 0.2) is 0 Å². The van der Waals surface area contributed by atoms with Crippen LogP contribution in [0.5, 0.6) is 0 Å². The van der Waals surface area contributed by atoms with E-state index in [2.05, 4.69) is 36.8 Å². The number of amides is 2. The Morgan fingerprint density at radius 2 is 1.85 bits per heavy atom. The summed E-state index contributed by atoms with van der Waals surface area (Å²) in [5.41, 5.74) is 2.32. The van der Waals surface area contributed by atoms with Crippen molar-refractivity contribution in [3.05, 3.63) is 69.8 Å². The highest BCUT2D eigenvalue weighted by molar-refractivity contribution is 9.10. The molecule has 3 aromatic rings. The van der Waals surface area contributed by atoms with E-state index < -0.39 is 5.91 Å². The van der Waals surface area contributed by atoms with E-state index in [1.165, 1.54) is 6.20 Å². The van der Waals surface area contributed by atoms with E-state index in [0.29, 0.717) is 22.0 Å². The molecule has 0 unspecified atom stereocenters. The number of halogens is 2. The highest BCUT2D eigenvalue weighted by atomic mass is 79.9. The number of H-pyrrole nitrogens is 1. The van der Waals surface area contributed by atoms with E-state index in [1.807, 2.05) is 18.2 Å². The molecule has 8 heteroatoms. The zero-order valence-corrected chi connectivity index (χ0v) is 15.8. The molecule has 132 valence electrons. The van der Waals surface area contributed by atoms with Gasteiger partial charge in [0, 0.05) is 15.1 Å². The van der Waals surface area contributed by atoms with Crippen LogP contribution in [0.15, 0.2) is 59.2 Å². The van der Waals surface area contributed by atoms with Gasteiger partial charge in [-0.3, -0.25) is 14.7 Å². The maximum absolute atomic E-state index is 12.4. The van der Waals surface area contributed by atoms with Crippen LogP contribution < -0.4 is 10.6 Å². The number of benzene rings is 2. The van der Waals surface area contributed by atoms with Crippen LogP contribution in [0.1, 0.15) is 10.4 Å². The Hall–Kier alpha value is -2.64. The normalized spacial score (nSPS) is 10.4. The van der Waals surface area contributed by atoms with Crippen LogP contribution in [-0.4, -0.2) is 28.6 Å². The predicted molar refractivity (Wildman–Crippen MR) is 104 cm³/mol. The number of carbonyl (C=O) groups excluding carboxylic acids is 2. The third-order valence-corrected chi connectivity index (χ3v) is 4.52. The van der Waals surface area contributed by atoms with Crippen LogP contribution in [0.25, 0.3) is 11.3 Å². The van der Waals surface area contributed by atoms with Gasteiger partial charge in [0.1, 0.15) is 0 Å². The Kier molecular flexibility index (Phi) is 5.70. The summed E-state index contributed by atoms with van der Waals surface area (Å²) in [4.78, 5) is 24.5. The molecule has 1 heterocycles. The number of anilines is 1. The minimum Gasteiger partial charge on any atom is -0.343 e. The van der Waals surface area contributed by atoms with E-state index in [4.69, 9.17) is 11.6 Å². The highest BCUT2D eigenvalue weighted by Gasteiger charge is 2.16. The summed E-state index contributed by atoms with van der Waals surface area (Å²) in [6.45, 7) is -0.161. The fourth-order valence-electron chi connectivity index (χ4n) is 2.31. The molecule has 0 aliphatic rings. The van der Waals surface area contributed by atoms with Gasteiger partial charge < -0.3 is 10.6 Å². The Bertz CT molecular complexity index is 940. The summed E-state index contributed by atoms with van der Waals surface area (Å²) in [5, 5.41) is 12.6. The van der Waals surface area contributed by atoms with Gasteiger partial charge in [0.2, 0.25) is 5.91 Å². The number of nitrogens with one attached hydrogen (secondary N) is 3. The van der Waals surface area contributed by atoms with Gasteiger partial charge in [0.25, 0.3) is 5.91 Å². The van der Waals surface area contributed by atoms with E-state index >= 15 is 0 Å². The van der Waals surface area contributed by atoms with Gasteiger partial charge in [-0.1, -0.05) is 35.9 Å². The average Bonchev–Trinajstić information content (AvgIpc) is 3.12. The number of carbonyl (C=O) groups is 2. The van der Waals surface area contributed by atoms with Crippen molar-refractivity contribution < 1.29 is 9.59 Å². The zero-order chi connectivity index (χ0) is 18.5. The van der Waals surface area contributed by atoms with Gasteiger partial charge in [-0.2, -0.15) is 5.10 Å². The van der Waals surface area contributed by atoms with E-state index in [9.17, 15) is 9.59 Å². The minimum absolute atomic E-state index is 0.161. The van der Waals surface area contributed by atoms with Crippen LogP contribution in [0.3, 0.4) is 0 Å². The van der Waals surface area contributed by atoms with Crippen molar-refractivity contribution in [1.82, 2.24) is 15.5 Å². The van der Waals surface area contributed by atoms with Gasteiger partial charge in [0.05, 0.1) is 29.7 Å². The molecule has 3 N–H and O–H groups in total. The average molecular weight is 434 g/mol. The van der Waals surface area contributed by atoms with Crippen molar-refractivity contribution in [1.29, 1.82) is 0 Å². The minimum atomic E-state index is -0.397. The van der Waals surface area contributed by atoms with Crippen molar-refractivity contribution in [2.45, 2.75) is 0 Å². The standard InChI is InChI=1S/C18H14BrClN4O2/c19-14-3-1-2-4-15(14)23-16(25)10-21-18(26)13-9-22-24-17(13)11-5-7-12(20)8-6-11/h1-9H,10H2,(H,21,26)(H,22,24)(H,23,25). The summed E-state index contributed by atoms with van der Waals surface area (Å²) < 4.78 is 0.763. The van der Waals surface area contributed by atoms with Gasteiger partial charge in [-0.15, -0.1) is 0 Å². The molecule has 0 aliphatic heterocycles. The molecule has 0 fully saturated rings. The lowest BCUT2D eigenvalue weighted by Crippen LogP contribution is -2.33. The number of nitrogens with zero attached hydrogens (tertiary/aromatic N) is 1. The molecule has 2 amide bonds. The van der Waals surface area contributed by atoms with Gasteiger partial charge in [-0.05, 0) is 40.2 Å². The molecule has 0 radical (unpaired) electrons. The zero-order valence-electron chi connectivity index (χ0n) is 13.4. The SMILES string of the molecule is O=C(CNC(=O)c1cn[nH]c1-c1ccc(Cl)cc1)Nc1ccccc1Br. The Morgan fingerprint density at radius 3 is 2.58 bits per heavy atom. The predicted octanol–water partition coefficient (Wildman–Crippen LogP) is 3.86. The lowest BCUT2D eigenvalue weighted by molar-refractivity contribution is -0.115. The first-order valence-electron chi connectivity index (χ1n) is 7.66. The number of hydrogen-bond donors (Lipinski definition) is 3. The van der Waals surface area contributed by atoms with Crippen LogP contribution in [0.2, 0.25) is 5.02 Å². The first-order chi connectivity index (χ1) is 12.5. The third kappa shape index (κ3) is 4.30. The molecule has 0 bridgehead atoms. The van der Waals surface area contributed by atoms with E-state index in [-0.39, 0.29) is 12.5 Å². The first-order valence-corrected chi connectivity index (χ1v) is 8.83. The lowest BCUT2D eigenvalue weighted by Gasteiger charge is -2.08. The molecule has 6 nitrogen and oxygen atoms in total. The summed E-state index contributed by atoms with van der Waals surface area (Å²) >= 11 is 9.24. The molecule has 0 aliphatic carbocycles. The smallest absolute Gasteiger partial charge is 0.255 e. The molecule has 2 aromatic carbocycles. The van der Waals surface area contributed by atoms with Crippen molar-refractivity contribution in [3.63, 3.8) is 0 Å². The van der Waals surface area contributed by atoms with Crippen LogP contribution >= 0.6 is 27.5 Å². The van der Waals surface area contributed by atoms with Crippen LogP contribution in [0.4, 0.5) is 5.69 Å². The highest BCUT2D eigenvalue weighted by Crippen LogP contribution is 2.23. The van der Waals surface area contributed by atoms with E-state index in [0.717, 1.165) is 10.0 Å². The lowest BCUT2D eigenvalue weighted by atomic mass is 10.1. The first kappa shape index (κ1) is 18.2. The molecule has 26 heavy (non-hydrogen) atoms. The largest absolute Gasteiger partial charge is 0.343 e. The summed E-state index contributed by atoms with van der Waals surface area (Å²) in [6.07, 6.45) is 1.42. The maximum Gasteiger partial charge on any atom is 0.255 e. The molecule has 1 aromatic heterocycles. The Balaban J connectivity index is 1.64. The van der Waals surface area contributed by atoms with Crippen LogP contribution in [-0.2, 0) is 4.79 Å². The molecule has 0 spiro atoms. The number of para-hydroxylation sites is 1. The summed E-state index contributed by atoms with van der Waals surface area (Å²) in [6, 6.07) is 14.3. The molecule has 0 saturated carbocycles. The third-order valence-electron chi connectivity index (χ3n) is 3.57. The fraction of sp³-hybridized carbons (Fsp3) is 0.0556. The summed E-state index contributed by atoms with van der Waals surface area (Å²) in [5.74, 6) is -0.729. The number of rotatable bonds is 5. The van der Waals surface area contributed by atoms with Crippen molar-refractivity contribution in [2.75, 3.05) is 11.9 Å². The molecular weight excluding hydrogens is 420 g/mol. The molecule has 3 rings (SSSR count).